The number of likely N-dealkylation sites (N-methyl/N-ethyl adjacent to an activating group) is 1. The molecule has 7 heteroatoms. The Balaban J connectivity index is 0.00000264. The summed E-state index contributed by atoms with van der Waals surface area (Å²) in [5, 5.41) is 0.344. The first-order valence-electron chi connectivity index (χ1n) is 7.44. The molecule has 1 atom stereocenters. The predicted octanol–water partition coefficient (Wildman–Crippen LogP) is 2.53. The number of carbonyl (C=O) groups is 1. The number of carbonyl (C=O) groups excluding carboxylic acids is 1. The average Bonchev–Trinajstić information content (AvgIpc) is 2.85. The first kappa shape index (κ1) is 20.2. The van der Waals surface area contributed by atoms with Crippen molar-refractivity contribution < 1.29 is 9.18 Å². The first-order chi connectivity index (χ1) is 10.3. The molecule has 1 aromatic rings. The Kier molecular flexibility index (Phi) is 7.27. The molecule has 0 aromatic heterocycles. The van der Waals surface area contributed by atoms with E-state index in [0.29, 0.717) is 23.7 Å². The zero-order chi connectivity index (χ0) is 16.3. The van der Waals surface area contributed by atoms with Crippen LogP contribution >= 0.6 is 24.0 Å². The van der Waals surface area contributed by atoms with Gasteiger partial charge in [0.25, 0.3) is 0 Å². The van der Waals surface area contributed by atoms with Crippen LogP contribution in [0.3, 0.4) is 0 Å². The van der Waals surface area contributed by atoms with Crippen molar-refractivity contribution >= 4 is 29.9 Å². The molecule has 2 N–H and O–H groups in total. The van der Waals surface area contributed by atoms with Gasteiger partial charge >= 0.3 is 0 Å². The molecule has 1 amide bonds. The number of amides is 1. The Bertz CT molecular complexity index is 538. The third-order valence-corrected chi connectivity index (χ3v) is 4.73. The van der Waals surface area contributed by atoms with E-state index in [9.17, 15) is 9.18 Å². The Morgan fingerprint density at radius 1 is 1.52 bits per heavy atom. The molecule has 1 saturated heterocycles. The third kappa shape index (κ3) is 5.05. The molecule has 1 unspecified atom stereocenters. The summed E-state index contributed by atoms with van der Waals surface area (Å²) in [6, 6.07) is 4.54. The van der Waals surface area contributed by atoms with Crippen LogP contribution < -0.4 is 5.73 Å². The van der Waals surface area contributed by atoms with Crippen molar-refractivity contribution in [1.29, 1.82) is 0 Å². The number of nitrogens with zero attached hydrogens (tertiary/aromatic N) is 2. The summed E-state index contributed by atoms with van der Waals surface area (Å²) in [5.41, 5.74) is 6.22. The van der Waals surface area contributed by atoms with Crippen LogP contribution in [0.4, 0.5) is 4.39 Å². The average molecular weight is 364 g/mol. The van der Waals surface area contributed by atoms with E-state index in [4.69, 9.17) is 17.3 Å². The van der Waals surface area contributed by atoms with Crippen molar-refractivity contribution in [3.63, 3.8) is 0 Å². The van der Waals surface area contributed by atoms with Gasteiger partial charge in [0.05, 0.1) is 6.54 Å². The van der Waals surface area contributed by atoms with Gasteiger partial charge in [0.1, 0.15) is 5.82 Å². The lowest BCUT2D eigenvalue weighted by Crippen LogP contribution is -2.39. The van der Waals surface area contributed by atoms with E-state index in [1.54, 1.807) is 19.2 Å². The largest absolute Gasteiger partial charge is 0.340 e. The second kappa shape index (κ2) is 8.29. The van der Waals surface area contributed by atoms with E-state index in [2.05, 4.69) is 11.8 Å². The van der Waals surface area contributed by atoms with Gasteiger partial charge in [0.2, 0.25) is 5.91 Å². The SMILES string of the molecule is CN(Cc1c(F)cccc1Cl)C(=O)CN1CCC(C)(CN)C1.Cl. The second-order valence-electron chi connectivity index (χ2n) is 6.43. The van der Waals surface area contributed by atoms with E-state index >= 15 is 0 Å². The van der Waals surface area contributed by atoms with Crippen LogP contribution in [0.25, 0.3) is 0 Å². The summed E-state index contributed by atoms with van der Waals surface area (Å²) in [6.07, 6.45) is 1.000. The highest BCUT2D eigenvalue weighted by atomic mass is 35.5. The summed E-state index contributed by atoms with van der Waals surface area (Å²) in [7, 11) is 1.67. The molecule has 130 valence electrons. The van der Waals surface area contributed by atoms with Crippen molar-refractivity contribution in [3.05, 3.63) is 34.6 Å². The molecule has 1 aromatic carbocycles. The fourth-order valence-electron chi connectivity index (χ4n) is 2.75. The zero-order valence-electron chi connectivity index (χ0n) is 13.5. The van der Waals surface area contributed by atoms with Gasteiger partial charge in [-0.25, -0.2) is 4.39 Å². The number of halogens is 3. The molecule has 4 nitrogen and oxygen atoms in total. The predicted molar refractivity (Wildman–Crippen MR) is 93.4 cm³/mol. The third-order valence-electron chi connectivity index (χ3n) is 4.37. The molecule has 0 spiro atoms. The molecular formula is C16H24Cl2FN3O. The van der Waals surface area contributed by atoms with Crippen molar-refractivity contribution in [1.82, 2.24) is 9.80 Å². The highest BCUT2D eigenvalue weighted by Crippen LogP contribution is 2.28. The summed E-state index contributed by atoms with van der Waals surface area (Å²) < 4.78 is 13.8. The monoisotopic (exact) mass is 363 g/mol. The summed E-state index contributed by atoms with van der Waals surface area (Å²) in [5.74, 6) is -0.426. The number of rotatable bonds is 5. The van der Waals surface area contributed by atoms with Gasteiger partial charge in [-0.1, -0.05) is 24.6 Å². The highest BCUT2D eigenvalue weighted by Gasteiger charge is 2.33. The molecule has 1 heterocycles. The molecule has 23 heavy (non-hydrogen) atoms. The van der Waals surface area contributed by atoms with Crippen molar-refractivity contribution in [3.8, 4) is 0 Å². The number of benzene rings is 1. The first-order valence-corrected chi connectivity index (χ1v) is 7.82. The summed E-state index contributed by atoms with van der Waals surface area (Å²) >= 11 is 6.00. The maximum Gasteiger partial charge on any atom is 0.236 e. The number of hydrogen-bond donors (Lipinski definition) is 1. The fraction of sp³-hybridized carbons (Fsp3) is 0.562. The molecule has 0 bridgehead atoms. The van der Waals surface area contributed by atoms with Crippen LogP contribution in [-0.2, 0) is 11.3 Å². The van der Waals surface area contributed by atoms with Crippen LogP contribution in [-0.4, -0.2) is 48.9 Å². The van der Waals surface area contributed by atoms with E-state index in [-0.39, 0.29) is 36.1 Å². The quantitative estimate of drug-likeness (QED) is 0.874. The topological polar surface area (TPSA) is 49.6 Å². The maximum atomic E-state index is 13.8. The van der Waals surface area contributed by atoms with Crippen LogP contribution in [0.1, 0.15) is 18.9 Å². The maximum absolute atomic E-state index is 13.8. The van der Waals surface area contributed by atoms with Crippen molar-refractivity contribution in [2.75, 3.05) is 33.2 Å². The number of hydrogen-bond acceptors (Lipinski definition) is 3. The van der Waals surface area contributed by atoms with Crippen molar-refractivity contribution in [2.45, 2.75) is 19.9 Å². The van der Waals surface area contributed by atoms with E-state index < -0.39 is 0 Å². The van der Waals surface area contributed by atoms with Gasteiger partial charge in [-0.2, -0.15) is 0 Å². The highest BCUT2D eigenvalue weighted by molar-refractivity contribution is 6.31. The molecule has 2 rings (SSSR count). The molecule has 1 fully saturated rings. The summed E-state index contributed by atoms with van der Waals surface area (Å²) in [4.78, 5) is 15.9. The van der Waals surface area contributed by atoms with Gasteiger partial charge in [-0.15, -0.1) is 12.4 Å². The smallest absolute Gasteiger partial charge is 0.236 e. The Labute approximate surface area is 148 Å². The van der Waals surface area contributed by atoms with E-state index in [1.165, 1.54) is 11.0 Å². The fourth-order valence-corrected chi connectivity index (χ4v) is 2.97. The number of likely N-dealkylation sites (tertiary alicyclic amines) is 1. The molecular weight excluding hydrogens is 340 g/mol. The molecule has 1 aliphatic rings. The van der Waals surface area contributed by atoms with Gasteiger partial charge in [0, 0.05) is 30.7 Å². The van der Waals surface area contributed by atoms with Crippen molar-refractivity contribution in [2.24, 2.45) is 11.1 Å². The van der Waals surface area contributed by atoms with Gasteiger partial charge in [0.15, 0.2) is 0 Å². The molecule has 0 aliphatic carbocycles. The minimum atomic E-state index is -0.385. The van der Waals surface area contributed by atoms with Gasteiger partial charge in [-0.05, 0) is 37.1 Å². The van der Waals surface area contributed by atoms with Crippen LogP contribution in [0.2, 0.25) is 5.02 Å². The molecule has 1 aliphatic heterocycles. The van der Waals surface area contributed by atoms with Crippen LogP contribution in [0.5, 0.6) is 0 Å². The standard InChI is InChI=1S/C16H23ClFN3O.ClH/c1-16(10-19)6-7-21(11-16)9-15(22)20(2)8-12-13(17)4-3-5-14(12)18;/h3-5H,6-11,19H2,1-2H3;1H. The summed E-state index contributed by atoms with van der Waals surface area (Å²) in [6.45, 7) is 4.96. The Morgan fingerprint density at radius 2 is 2.22 bits per heavy atom. The molecule has 0 saturated carbocycles. The lowest BCUT2D eigenvalue weighted by Gasteiger charge is -2.24. The zero-order valence-corrected chi connectivity index (χ0v) is 15.1. The van der Waals surface area contributed by atoms with Gasteiger partial charge < -0.3 is 10.6 Å². The Hall–Kier alpha value is -0.880. The minimum Gasteiger partial charge on any atom is -0.340 e. The van der Waals surface area contributed by atoms with Crippen LogP contribution in [0.15, 0.2) is 18.2 Å². The second-order valence-corrected chi connectivity index (χ2v) is 6.83. The lowest BCUT2D eigenvalue weighted by atomic mass is 9.90. The Morgan fingerprint density at radius 3 is 2.78 bits per heavy atom. The van der Waals surface area contributed by atoms with Crippen LogP contribution in [0, 0.1) is 11.2 Å². The minimum absolute atomic E-state index is 0. The molecule has 0 radical (unpaired) electrons. The van der Waals surface area contributed by atoms with Gasteiger partial charge in [-0.3, -0.25) is 9.69 Å². The lowest BCUT2D eigenvalue weighted by molar-refractivity contribution is -0.131. The van der Waals surface area contributed by atoms with E-state index in [1.807, 2.05) is 0 Å². The normalized spacial score (nSPS) is 21.1. The van der Waals surface area contributed by atoms with E-state index in [0.717, 1.165) is 19.5 Å². The number of nitrogens with two attached hydrogens (primary N) is 1.